The zero-order valence-corrected chi connectivity index (χ0v) is 14.4. The molecule has 5 heteroatoms. The van der Waals surface area contributed by atoms with Crippen molar-refractivity contribution in [3.63, 3.8) is 0 Å². The molecule has 1 saturated heterocycles. The second kappa shape index (κ2) is 8.63. The average molecular weight is 338 g/mol. The molecule has 22 heavy (non-hydrogen) atoms. The summed E-state index contributed by atoms with van der Waals surface area (Å²) in [5.41, 5.74) is 8.17. The van der Waals surface area contributed by atoms with Crippen LogP contribution in [0.25, 0.3) is 10.6 Å². The molecular weight excluding hydrogens is 314 g/mol. The first-order valence-electron chi connectivity index (χ1n) is 7.81. The molecule has 1 aliphatic rings. The molecule has 0 saturated carbocycles. The largest absolute Gasteiger partial charge is 0.330 e. The van der Waals surface area contributed by atoms with Crippen molar-refractivity contribution in [3.8, 4) is 10.6 Å². The Labute approximate surface area is 143 Å². The van der Waals surface area contributed by atoms with Crippen LogP contribution in [0.15, 0.2) is 35.7 Å². The number of nitrogens with zero attached hydrogens (tertiary/aromatic N) is 2. The topological polar surface area (TPSA) is 42.1 Å². The molecule has 1 aromatic carbocycles. The summed E-state index contributed by atoms with van der Waals surface area (Å²) in [6.45, 7) is 2.93. The van der Waals surface area contributed by atoms with E-state index in [1.54, 1.807) is 11.3 Å². The SMILES string of the molecule is Cl.NCCC1CCCCN1Cc1csc(-c2ccccc2)n1. The lowest BCUT2D eigenvalue weighted by Crippen LogP contribution is -2.40. The lowest BCUT2D eigenvalue weighted by Gasteiger charge is -2.35. The van der Waals surface area contributed by atoms with Gasteiger partial charge in [-0.15, -0.1) is 23.7 Å². The van der Waals surface area contributed by atoms with Crippen molar-refractivity contribution in [1.29, 1.82) is 0 Å². The Bertz CT molecular complexity index is 556. The van der Waals surface area contributed by atoms with Crippen LogP contribution in [0.5, 0.6) is 0 Å². The minimum Gasteiger partial charge on any atom is -0.330 e. The molecule has 3 nitrogen and oxygen atoms in total. The molecular formula is C17H24ClN3S. The van der Waals surface area contributed by atoms with Crippen LogP contribution in [0.1, 0.15) is 31.4 Å². The van der Waals surface area contributed by atoms with E-state index in [-0.39, 0.29) is 12.4 Å². The Balaban J connectivity index is 0.00000176. The van der Waals surface area contributed by atoms with Crippen LogP contribution in [-0.4, -0.2) is 29.0 Å². The highest BCUT2D eigenvalue weighted by atomic mass is 35.5. The summed E-state index contributed by atoms with van der Waals surface area (Å²) in [5, 5.41) is 3.33. The van der Waals surface area contributed by atoms with E-state index in [1.807, 2.05) is 6.07 Å². The van der Waals surface area contributed by atoms with Gasteiger partial charge in [-0.2, -0.15) is 0 Å². The fraction of sp³-hybridized carbons (Fsp3) is 0.471. The number of rotatable bonds is 5. The highest BCUT2D eigenvalue weighted by molar-refractivity contribution is 7.13. The molecule has 2 aromatic rings. The summed E-state index contributed by atoms with van der Waals surface area (Å²) in [6, 6.07) is 11.1. The Morgan fingerprint density at radius 2 is 2.05 bits per heavy atom. The van der Waals surface area contributed by atoms with Crippen molar-refractivity contribution in [2.45, 2.75) is 38.3 Å². The van der Waals surface area contributed by atoms with E-state index in [4.69, 9.17) is 10.7 Å². The number of thiazole rings is 1. The first-order valence-corrected chi connectivity index (χ1v) is 8.69. The Morgan fingerprint density at radius 3 is 2.82 bits per heavy atom. The minimum atomic E-state index is 0. The van der Waals surface area contributed by atoms with Gasteiger partial charge in [0.15, 0.2) is 0 Å². The number of halogens is 1. The summed E-state index contributed by atoms with van der Waals surface area (Å²) in [4.78, 5) is 7.38. The van der Waals surface area contributed by atoms with Gasteiger partial charge < -0.3 is 5.73 Å². The van der Waals surface area contributed by atoms with Crippen LogP contribution >= 0.6 is 23.7 Å². The van der Waals surface area contributed by atoms with Crippen molar-refractivity contribution in [3.05, 3.63) is 41.4 Å². The van der Waals surface area contributed by atoms with Crippen LogP contribution in [0.3, 0.4) is 0 Å². The summed E-state index contributed by atoms with van der Waals surface area (Å²) in [7, 11) is 0. The Hall–Kier alpha value is -0.940. The van der Waals surface area contributed by atoms with E-state index in [1.165, 1.54) is 37.1 Å². The van der Waals surface area contributed by atoms with Gasteiger partial charge in [-0.3, -0.25) is 4.90 Å². The van der Waals surface area contributed by atoms with E-state index in [2.05, 4.69) is 34.5 Å². The van der Waals surface area contributed by atoms with Crippen LogP contribution < -0.4 is 5.73 Å². The maximum absolute atomic E-state index is 5.75. The molecule has 120 valence electrons. The molecule has 2 N–H and O–H groups in total. The number of aromatic nitrogens is 1. The van der Waals surface area contributed by atoms with Crippen LogP contribution in [-0.2, 0) is 6.54 Å². The maximum atomic E-state index is 5.75. The van der Waals surface area contributed by atoms with Crippen LogP contribution in [0.2, 0.25) is 0 Å². The lowest BCUT2D eigenvalue weighted by atomic mass is 9.99. The highest BCUT2D eigenvalue weighted by Crippen LogP contribution is 2.26. The zero-order valence-electron chi connectivity index (χ0n) is 12.8. The fourth-order valence-electron chi connectivity index (χ4n) is 3.09. The Kier molecular flexibility index (Phi) is 6.83. The summed E-state index contributed by atoms with van der Waals surface area (Å²) in [6.07, 6.45) is 5.03. The smallest absolute Gasteiger partial charge is 0.123 e. The fourth-order valence-corrected chi connectivity index (χ4v) is 3.91. The van der Waals surface area contributed by atoms with Crippen molar-refractivity contribution in [1.82, 2.24) is 9.88 Å². The number of likely N-dealkylation sites (tertiary alicyclic amines) is 1. The van der Waals surface area contributed by atoms with Gasteiger partial charge in [-0.05, 0) is 32.4 Å². The minimum absolute atomic E-state index is 0. The second-order valence-electron chi connectivity index (χ2n) is 5.71. The van der Waals surface area contributed by atoms with Crippen molar-refractivity contribution in [2.75, 3.05) is 13.1 Å². The Morgan fingerprint density at radius 1 is 1.23 bits per heavy atom. The molecule has 0 bridgehead atoms. The molecule has 0 aliphatic carbocycles. The predicted octanol–water partition coefficient (Wildman–Crippen LogP) is 3.94. The number of hydrogen-bond donors (Lipinski definition) is 1. The molecule has 2 heterocycles. The van der Waals surface area contributed by atoms with Crippen molar-refractivity contribution in [2.24, 2.45) is 5.73 Å². The summed E-state index contributed by atoms with van der Waals surface area (Å²) < 4.78 is 0. The molecule has 0 radical (unpaired) electrons. The maximum Gasteiger partial charge on any atom is 0.123 e. The van der Waals surface area contributed by atoms with Crippen molar-refractivity contribution >= 4 is 23.7 Å². The number of benzene rings is 1. The van der Waals surface area contributed by atoms with Crippen LogP contribution in [0.4, 0.5) is 0 Å². The van der Waals surface area contributed by atoms with E-state index >= 15 is 0 Å². The predicted molar refractivity (Wildman–Crippen MR) is 96.5 cm³/mol. The molecule has 1 aromatic heterocycles. The molecule has 1 fully saturated rings. The van der Waals surface area contributed by atoms with E-state index in [0.29, 0.717) is 6.04 Å². The quantitative estimate of drug-likeness (QED) is 0.898. The third-order valence-electron chi connectivity index (χ3n) is 4.19. The van der Waals surface area contributed by atoms with Gasteiger partial charge in [0, 0.05) is 23.5 Å². The van der Waals surface area contributed by atoms with Gasteiger partial charge in [-0.25, -0.2) is 4.98 Å². The molecule has 1 atom stereocenters. The number of piperidine rings is 1. The third-order valence-corrected chi connectivity index (χ3v) is 5.13. The van der Waals surface area contributed by atoms with Gasteiger partial charge in [-0.1, -0.05) is 36.8 Å². The molecule has 0 spiro atoms. The highest BCUT2D eigenvalue weighted by Gasteiger charge is 2.22. The molecule has 1 unspecified atom stereocenters. The lowest BCUT2D eigenvalue weighted by molar-refractivity contribution is 0.132. The zero-order chi connectivity index (χ0) is 14.5. The number of hydrogen-bond acceptors (Lipinski definition) is 4. The van der Waals surface area contributed by atoms with E-state index in [0.717, 1.165) is 24.5 Å². The summed E-state index contributed by atoms with van der Waals surface area (Å²) in [5.74, 6) is 0. The van der Waals surface area contributed by atoms with Gasteiger partial charge >= 0.3 is 0 Å². The standard InChI is InChI=1S/C17H23N3S.ClH/c18-10-9-16-8-4-5-11-20(16)12-15-13-21-17(19-15)14-6-2-1-3-7-14;/h1-3,6-7,13,16H,4-5,8-12,18H2;1H. The second-order valence-corrected chi connectivity index (χ2v) is 6.57. The third kappa shape index (κ3) is 4.29. The normalized spacial score (nSPS) is 18.9. The molecule has 0 amide bonds. The molecule has 3 rings (SSSR count). The van der Waals surface area contributed by atoms with Gasteiger partial charge in [0.2, 0.25) is 0 Å². The van der Waals surface area contributed by atoms with Gasteiger partial charge in [0.1, 0.15) is 5.01 Å². The first kappa shape index (κ1) is 17.4. The van der Waals surface area contributed by atoms with Gasteiger partial charge in [0.05, 0.1) is 5.69 Å². The van der Waals surface area contributed by atoms with Crippen LogP contribution in [0, 0.1) is 0 Å². The number of nitrogens with two attached hydrogens (primary N) is 1. The van der Waals surface area contributed by atoms with E-state index in [9.17, 15) is 0 Å². The van der Waals surface area contributed by atoms with E-state index < -0.39 is 0 Å². The monoisotopic (exact) mass is 337 g/mol. The average Bonchev–Trinajstić information content (AvgIpc) is 2.99. The molecule has 1 aliphatic heterocycles. The first-order chi connectivity index (χ1) is 10.4. The van der Waals surface area contributed by atoms with Crippen molar-refractivity contribution < 1.29 is 0 Å². The summed E-state index contributed by atoms with van der Waals surface area (Å²) >= 11 is 1.74. The van der Waals surface area contributed by atoms with Gasteiger partial charge in [0.25, 0.3) is 0 Å².